The van der Waals surface area contributed by atoms with E-state index in [4.69, 9.17) is 0 Å². The first-order valence-electron chi connectivity index (χ1n) is 7.06. The standard InChI is InChI=1S/C14H23N5O2/c1-10-7-12(17-13(16-10)14(20)21-4)15-8-11-9-18(2)5-6-19(11)3/h7,11H,5-6,8-9H2,1-4H3,(H,15,16,17). The SMILES string of the molecule is COC(=O)c1nc(C)cc(NCC2CN(C)CCN2C)n1. The topological polar surface area (TPSA) is 70.6 Å². The molecular weight excluding hydrogens is 270 g/mol. The second-order valence-electron chi connectivity index (χ2n) is 5.49. The Kier molecular flexibility index (Phi) is 5.08. The summed E-state index contributed by atoms with van der Waals surface area (Å²) in [7, 11) is 5.59. The molecule has 7 nitrogen and oxygen atoms in total. The molecule has 1 aromatic heterocycles. The largest absolute Gasteiger partial charge is 0.463 e. The van der Waals surface area contributed by atoms with E-state index in [1.165, 1.54) is 7.11 Å². The molecular formula is C14H23N5O2. The first-order chi connectivity index (χ1) is 9.99. The van der Waals surface area contributed by atoms with E-state index in [2.05, 4.69) is 43.9 Å². The number of nitrogens with zero attached hydrogens (tertiary/aromatic N) is 4. The molecule has 0 spiro atoms. The van der Waals surface area contributed by atoms with Crippen LogP contribution in [0.15, 0.2) is 6.07 Å². The molecule has 1 aromatic rings. The van der Waals surface area contributed by atoms with Gasteiger partial charge in [-0.2, -0.15) is 0 Å². The second kappa shape index (κ2) is 6.82. The highest BCUT2D eigenvalue weighted by molar-refractivity contribution is 5.85. The van der Waals surface area contributed by atoms with Crippen molar-refractivity contribution in [3.63, 3.8) is 0 Å². The van der Waals surface area contributed by atoms with Gasteiger partial charge in [-0.05, 0) is 21.0 Å². The van der Waals surface area contributed by atoms with Gasteiger partial charge in [-0.15, -0.1) is 0 Å². The predicted octanol–water partition coefficient (Wildman–Crippen LogP) is 0.229. The van der Waals surface area contributed by atoms with Crippen LogP contribution in [0.5, 0.6) is 0 Å². The minimum absolute atomic E-state index is 0.0918. The van der Waals surface area contributed by atoms with Crippen LogP contribution in [0, 0.1) is 6.92 Å². The fraction of sp³-hybridized carbons (Fsp3) is 0.643. The van der Waals surface area contributed by atoms with Gasteiger partial charge in [0, 0.05) is 44.0 Å². The Hall–Kier alpha value is -1.73. The average molecular weight is 293 g/mol. The molecule has 0 bridgehead atoms. The van der Waals surface area contributed by atoms with Crippen LogP contribution in [0.4, 0.5) is 5.82 Å². The molecule has 1 aliphatic heterocycles. The third kappa shape index (κ3) is 4.12. The van der Waals surface area contributed by atoms with Crippen molar-refractivity contribution in [3.05, 3.63) is 17.6 Å². The van der Waals surface area contributed by atoms with E-state index >= 15 is 0 Å². The van der Waals surface area contributed by atoms with Crippen molar-refractivity contribution >= 4 is 11.8 Å². The molecule has 1 N–H and O–H groups in total. The Bertz CT molecular complexity index is 508. The maximum atomic E-state index is 11.5. The summed E-state index contributed by atoms with van der Waals surface area (Å²) in [5.74, 6) is 0.231. The highest BCUT2D eigenvalue weighted by Gasteiger charge is 2.22. The summed E-state index contributed by atoms with van der Waals surface area (Å²) in [5, 5.41) is 3.30. The van der Waals surface area contributed by atoms with E-state index in [0.29, 0.717) is 11.9 Å². The molecule has 1 saturated heterocycles. The molecule has 2 heterocycles. The molecule has 0 amide bonds. The minimum Gasteiger partial charge on any atom is -0.463 e. The molecule has 2 rings (SSSR count). The molecule has 1 fully saturated rings. The van der Waals surface area contributed by atoms with Crippen LogP contribution in [-0.2, 0) is 4.74 Å². The van der Waals surface area contributed by atoms with E-state index in [1.54, 1.807) is 0 Å². The van der Waals surface area contributed by atoms with Gasteiger partial charge in [-0.1, -0.05) is 0 Å². The van der Waals surface area contributed by atoms with Gasteiger partial charge in [0.2, 0.25) is 5.82 Å². The maximum absolute atomic E-state index is 11.5. The summed E-state index contributed by atoms with van der Waals surface area (Å²) < 4.78 is 4.67. The summed E-state index contributed by atoms with van der Waals surface area (Å²) in [5.41, 5.74) is 0.738. The average Bonchev–Trinajstić information content (AvgIpc) is 2.46. The monoisotopic (exact) mass is 293 g/mol. The molecule has 7 heteroatoms. The zero-order valence-corrected chi connectivity index (χ0v) is 13.1. The number of nitrogens with one attached hydrogen (secondary N) is 1. The van der Waals surface area contributed by atoms with Crippen LogP contribution in [0.25, 0.3) is 0 Å². The quantitative estimate of drug-likeness (QED) is 0.797. The number of aryl methyl sites for hydroxylation is 1. The number of hydrogen-bond donors (Lipinski definition) is 1. The Morgan fingerprint density at radius 3 is 2.90 bits per heavy atom. The van der Waals surface area contributed by atoms with Crippen molar-refractivity contribution in [2.75, 3.05) is 52.7 Å². The number of aromatic nitrogens is 2. The number of ether oxygens (including phenoxy) is 1. The van der Waals surface area contributed by atoms with Crippen molar-refractivity contribution in [2.24, 2.45) is 0 Å². The summed E-state index contributed by atoms with van der Waals surface area (Å²) in [6.07, 6.45) is 0. The van der Waals surface area contributed by atoms with Gasteiger partial charge in [0.05, 0.1) is 7.11 Å². The second-order valence-corrected chi connectivity index (χ2v) is 5.49. The predicted molar refractivity (Wildman–Crippen MR) is 80.5 cm³/mol. The van der Waals surface area contributed by atoms with Crippen LogP contribution >= 0.6 is 0 Å². The van der Waals surface area contributed by atoms with Crippen LogP contribution in [0.2, 0.25) is 0 Å². The van der Waals surface area contributed by atoms with Crippen molar-refractivity contribution in [3.8, 4) is 0 Å². The highest BCUT2D eigenvalue weighted by Crippen LogP contribution is 2.10. The molecule has 0 radical (unpaired) electrons. The zero-order chi connectivity index (χ0) is 15.4. The maximum Gasteiger partial charge on any atom is 0.376 e. The van der Waals surface area contributed by atoms with Gasteiger partial charge in [-0.25, -0.2) is 14.8 Å². The zero-order valence-electron chi connectivity index (χ0n) is 13.1. The Morgan fingerprint density at radius 1 is 1.43 bits per heavy atom. The van der Waals surface area contributed by atoms with Gasteiger partial charge < -0.3 is 15.0 Å². The van der Waals surface area contributed by atoms with Crippen molar-refractivity contribution < 1.29 is 9.53 Å². The van der Waals surface area contributed by atoms with Crippen LogP contribution in [0.1, 0.15) is 16.3 Å². The Balaban J connectivity index is 2.02. The fourth-order valence-corrected chi connectivity index (χ4v) is 2.39. The minimum atomic E-state index is -0.517. The number of piperazine rings is 1. The van der Waals surface area contributed by atoms with Gasteiger partial charge in [0.25, 0.3) is 0 Å². The van der Waals surface area contributed by atoms with Crippen molar-refractivity contribution in [2.45, 2.75) is 13.0 Å². The van der Waals surface area contributed by atoms with E-state index in [0.717, 1.165) is 31.9 Å². The van der Waals surface area contributed by atoms with Gasteiger partial charge >= 0.3 is 5.97 Å². The fourth-order valence-electron chi connectivity index (χ4n) is 2.39. The number of hydrogen-bond acceptors (Lipinski definition) is 7. The lowest BCUT2D eigenvalue weighted by molar-refractivity contribution is 0.0586. The molecule has 0 aromatic carbocycles. The number of carbonyl (C=O) groups excluding carboxylic acids is 1. The molecule has 0 saturated carbocycles. The lowest BCUT2D eigenvalue weighted by Gasteiger charge is -2.37. The van der Waals surface area contributed by atoms with Gasteiger partial charge in [-0.3, -0.25) is 4.90 Å². The molecule has 1 aliphatic rings. The Labute approximate surface area is 125 Å². The van der Waals surface area contributed by atoms with Crippen LogP contribution in [-0.4, -0.2) is 79.2 Å². The number of esters is 1. The number of methoxy groups -OCH3 is 1. The molecule has 21 heavy (non-hydrogen) atoms. The van der Waals surface area contributed by atoms with E-state index in [9.17, 15) is 4.79 Å². The highest BCUT2D eigenvalue weighted by atomic mass is 16.5. The summed E-state index contributed by atoms with van der Waals surface area (Å²) >= 11 is 0. The summed E-state index contributed by atoms with van der Waals surface area (Å²) in [6.45, 7) is 5.76. The number of anilines is 1. The lowest BCUT2D eigenvalue weighted by atomic mass is 10.2. The third-order valence-electron chi connectivity index (χ3n) is 3.72. The molecule has 0 aliphatic carbocycles. The van der Waals surface area contributed by atoms with Crippen LogP contribution in [0.3, 0.4) is 0 Å². The normalized spacial score (nSPS) is 20.3. The summed E-state index contributed by atoms with van der Waals surface area (Å²) in [4.78, 5) is 24.5. The number of carbonyl (C=O) groups is 1. The first kappa shape index (κ1) is 15.7. The van der Waals surface area contributed by atoms with Crippen LogP contribution < -0.4 is 5.32 Å². The van der Waals surface area contributed by atoms with Gasteiger partial charge in [0.15, 0.2) is 0 Å². The van der Waals surface area contributed by atoms with E-state index in [1.807, 2.05) is 13.0 Å². The van der Waals surface area contributed by atoms with Gasteiger partial charge in [0.1, 0.15) is 5.82 Å². The number of rotatable bonds is 4. The van der Waals surface area contributed by atoms with Crippen molar-refractivity contribution in [1.82, 2.24) is 19.8 Å². The lowest BCUT2D eigenvalue weighted by Crippen LogP contribution is -2.52. The summed E-state index contributed by atoms with van der Waals surface area (Å²) in [6, 6.07) is 2.25. The smallest absolute Gasteiger partial charge is 0.376 e. The van der Waals surface area contributed by atoms with E-state index in [-0.39, 0.29) is 5.82 Å². The molecule has 1 unspecified atom stereocenters. The Morgan fingerprint density at radius 2 is 2.19 bits per heavy atom. The molecule has 1 atom stereocenters. The molecule has 116 valence electrons. The first-order valence-corrected chi connectivity index (χ1v) is 7.06. The van der Waals surface area contributed by atoms with Crippen molar-refractivity contribution in [1.29, 1.82) is 0 Å². The third-order valence-corrected chi connectivity index (χ3v) is 3.72. The number of likely N-dealkylation sites (N-methyl/N-ethyl adjacent to an activating group) is 2. The van der Waals surface area contributed by atoms with E-state index < -0.39 is 5.97 Å².